The average Bonchev–Trinajstić information content (AvgIpc) is 2.68. The summed E-state index contributed by atoms with van der Waals surface area (Å²) in [5.74, 6) is 0.00170. The number of anilines is 1. The molecule has 8 heteroatoms. The second-order valence-corrected chi connectivity index (χ2v) is 6.45. The first-order valence-corrected chi connectivity index (χ1v) is 8.64. The summed E-state index contributed by atoms with van der Waals surface area (Å²) in [5, 5.41) is 0.601. The topological polar surface area (TPSA) is 73.9 Å². The molecule has 4 rings (SSSR count). The predicted molar refractivity (Wildman–Crippen MR) is 104 cm³/mol. The number of nitrogens with zero attached hydrogens (tertiary/aromatic N) is 3. The molecule has 0 amide bonds. The Morgan fingerprint density at radius 3 is 2.21 bits per heavy atom. The molecule has 0 aliphatic rings. The largest absolute Gasteiger partial charge is 0.573 e. The van der Waals surface area contributed by atoms with Crippen LogP contribution in [0.25, 0.3) is 33.4 Å². The highest BCUT2D eigenvalue weighted by molar-refractivity contribution is 5.94. The zero-order valence-electron chi connectivity index (χ0n) is 15.2. The van der Waals surface area contributed by atoms with E-state index in [4.69, 9.17) is 5.73 Å². The van der Waals surface area contributed by atoms with Gasteiger partial charge in [-0.3, -0.25) is 0 Å². The maximum Gasteiger partial charge on any atom is 0.573 e. The quantitative estimate of drug-likeness (QED) is 0.519. The molecule has 0 saturated heterocycles. The van der Waals surface area contributed by atoms with Gasteiger partial charge in [0.1, 0.15) is 17.9 Å². The zero-order valence-corrected chi connectivity index (χ0v) is 15.2. The third kappa shape index (κ3) is 3.96. The molecule has 146 valence electrons. The highest BCUT2D eigenvalue weighted by Crippen LogP contribution is 2.35. The van der Waals surface area contributed by atoms with Crippen molar-refractivity contribution < 1.29 is 17.9 Å². The summed E-state index contributed by atoms with van der Waals surface area (Å²) in [5.41, 5.74) is 10.3. The van der Waals surface area contributed by atoms with Gasteiger partial charge in [-0.25, -0.2) is 15.0 Å². The van der Waals surface area contributed by atoms with Crippen molar-refractivity contribution in [2.75, 3.05) is 5.73 Å². The van der Waals surface area contributed by atoms with Crippen LogP contribution in [0.5, 0.6) is 5.75 Å². The molecule has 0 fully saturated rings. The molecule has 5 nitrogen and oxygen atoms in total. The van der Waals surface area contributed by atoms with E-state index in [2.05, 4.69) is 19.7 Å². The molecule has 0 atom stereocenters. The molecule has 0 bridgehead atoms. The first kappa shape index (κ1) is 18.7. The molecule has 2 aromatic heterocycles. The number of alkyl halides is 3. The van der Waals surface area contributed by atoms with Crippen molar-refractivity contribution in [3.8, 4) is 28.1 Å². The Labute approximate surface area is 164 Å². The molecular weight excluding hydrogens is 381 g/mol. The van der Waals surface area contributed by atoms with Gasteiger partial charge in [-0.15, -0.1) is 13.2 Å². The summed E-state index contributed by atoms with van der Waals surface area (Å²) in [4.78, 5) is 12.8. The van der Waals surface area contributed by atoms with E-state index in [-0.39, 0.29) is 5.75 Å². The van der Waals surface area contributed by atoms with Crippen LogP contribution in [-0.4, -0.2) is 21.3 Å². The standard InChI is InChI=1S/C21H15F3N4O/c1-12-2-4-13(5-3-12)16-10-17-19(25)26-11-27-20(17)28-18(16)14-6-8-15(9-7-14)29-21(22,23)24/h2-11H,1H3,(H2,25,26,27,28). The van der Waals surface area contributed by atoms with E-state index in [1.165, 1.54) is 30.6 Å². The highest BCUT2D eigenvalue weighted by Gasteiger charge is 2.31. The average molecular weight is 396 g/mol. The van der Waals surface area contributed by atoms with Gasteiger partial charge in [-0.1, -0.05) is 29.8 Å². The summed E-state index contributed by atoms with van der Waals surface area (Å²) in [7, 11) is 0. The van der Waals surface area contributed by atoms with Crippen LogP contribution in [0.15, 0.2) is 60.9 Å². The van der Waals surface area contributed by atoms with Gasteiger partial charge >= 0.3 is 6.36 Å². The van der Waals surface area contributed by atoms with E-state index in [1.54, 1.807) is 0 Å². The summed E-state index contributed by atoms with van der Waals surface area (Å²) in [6.07, 6.45) is -3.43. The zero-order chi connectivity index (χ0) is 20.6. The number of rotatable bonds is 3. The van der Waals surface area contributed by atoms with E-state index in [0.29, 0.717) is 28.1 Å². The molecule has 2 heterocycles. The summed E-state index contributed by atoms with van der Waals surface area (Å²) in [6, 6.07) is 15.2. The number of aromatic nitrogens is 3. The van der Waals surface area contributed by atoms with Crippen LogP contribution in [0.2, 0.25) is 0 Å². The summed E-state index contributed by atoms with van der Waals surface area (Å²) >= 11 is 0. The van der Waals surface area contributed by atoms with Crippen molar-refractivity contribution in [3.63, 3.8) is 0 Å². The molecule has 2 aromatic carbocycles. The van der Waals surface area contributed by atoms with Crippen LogP contribution < -0.4 is 10.5 Å². The van der Waals surface area contributed by atoms with Gasteiger partial charge < -0.3 is 10.5 Å². The monoisotopic (exact) mass is 396 g/mol. The maximum absolute atomic E-state index is 12.4. The Hall–Kier alpha value is -3.68. The Morgan fingerprint density at radius 2 is 1.55 bits per heavy atom. The minimum Gasteiger partial charge on any atom is -0.406 e. The molecular formula is C21H15F3N4O. The van der Waals surface area contributed by atoms with Gasteiger partial charge in [0.05, 0.1) is 11.1 Å². The Kier molecular flexibility index (Phi) is 4.54. The van der Waals surface area contributed by atoms with E-state index in [1.807, 2.05) is 37.3 Å². The Bertz CT molecular complexity index is 1170. The normalized spacial score (nSPS) is 11.6. The van der Waals surface area contributed by atoms with Crippen LogP contribution in [-0.2, 0) is 0 Å². The number of fused-ring (bicyclic) bond motifs is 1. The molecule has 2 N–H and O–H groups in total. The van der Waals surface area contributed by atoms with E-state index < -0.39 is 6.36 Å². The number of hydrogen-bond donors (Lipinski definition) is 1. The van der Waals surface area contributed by atoms with Crippen molar-refractivity contribution in [1.82, 2.24) is 15.0 Å². The molecule has 29 heavy (non-hydrogen) atoms. The van der Waals surface area contributed by atoms with Crippen LogP contribution in [0.3, 0.4) is 0 Å². The lowest BCUT2D eigenvalue weighted by Crippen LogP contribution is -2.16. The number of nitrogen functional groups attached to an aromatic ring is 1. The highest BCUT2D eigenvalue weighted by atomic mass is 19.4. The fraction of sp³-hybridized carbons (Fsp3) is 0.0952. The Balaban J connectivity index is 1.88. The summed E-state index contributed by atoms with van der Waals surface area (Å²) < 4.78 is 41.3. The number of nitrogens with two attached hydrogens (primary N) is 1. The lowest BCUT2D eigenvalue weighted by molar-refractivity contribution is -0.274. The van der Waals surface area contributed by atoms with Crippen molar-refractivity contribution in [1.29, 1.82) is 0 Å². The van der Waals surface area contributed by atoms with Gasteiger partial charge in [0, 0.05) is 11.1 Å². The molecule has 0 unspecified atom stereocenters. The maximum atomic E-state index is 12.4. The fourth-order valence-electron chi connectivity index (χ4n) is 2.99. The fourth-order valence-corrected chi connectivity index (χ4v) is 2.99. The van der Waals surface area contributed by atoms with E-state index >= 15 is 0 Å². The predicted octanol–water partition coefficient (Wildman–Crippen LogP) is 5.15. The van der Waals surface area contributed by atoms with Gasteiger partial charge in [0.25, 0.3) is 0 Å². The van der Waals surface area contributed by atoms with E-state index in [0.717, 1.165) is 16.7 Å². The van der Waals surface area contributed by atoms with Gasteiger partial charge in [0.15, 0.2) is 5.65 Å². The Morgan fingerprint density at radius 1 is 0.897 bits per heavy atom. The van der Waals surface area contributed by atoms with Crippen LogP contribution in [0.4, 0.5) is 19.0 Å². The van der Waals surface area contributed by atoms with E-state index in [9.17, 15) is 13.2 Å². The number of benzene rings is 2. The van der Waals surface area contributed by atoms with Crippen LogP contribution in [0.1, 0.15) is 5.56 Å². The molecule has 0 radical (unpaired) electrons. The summed E-state index contributed by atoms with van der Waals surface area (Å²) in [6.45, 7) is 1.98. The first-order valence-electron chi connectivity index (χ1n) is 8.64. The molecule has 0 saturated carbocycles. The lowest BCUT2D eigenvalue weighted by atomic mass is 9.97. The number of ether oxygens (including phenoxy) is 1. The third-order valence-corrected chi connectivity index (χ3v) is 4.38. The molecule has 0 aliphatic carbocycles. The lowest BCUT2D eigenvalue weighted by Gasteiger charge is -2.13. The van der Waals surface area contributed by atoms with Crippen molar-refractivity contribution in [2.24, 2.45) is 0 Å². The number of hydrogen-bond acceptors (Lipinski definition) is 5. The molecule has 4 aromatic rings. The van der Waals surface area contributed by atoms with Crippen molar-refractivity contribution >= 4 is 16.9 Å². The second-order valence-electron chi connectivity index (χ2n) is 6.45. The first-order chi connectivity index (χ1) is 13.8. The molecule has 0 spiro atoms. The SMILES string of the molecule is Cc1ccc(-c2cc3c(N)ncnc3nc2-c2ccc(OC(F)(F)F)cc2)cc1. The molecule has 0 aliphatic heterocycles. The number of pyridine rings is 1. The van der Waals surface area contributed by atoms with Crippen LogP contribution in [0, 0.1) is 6.92 Å². The minimum atomic E-state index is -4.75. The van der Waals surface area contributed by atoms with Gasteiger partial charge in [-0.05, 0) is 42.8 Å². The van der Waals surface area contributed by atoms with Gasteiger partial charge in [-0.2, -0.15) is 0 Å². The van der Waals surface area contributed by atoms with Crippen molar-refractivity contribution in [2.45, 2.75) is 13.3 Å². The number of halogens is 3. The number of aryl methyl sites for hydroxylation is 1. The van der Waals surface area contributed by atoms with Gasteiger partial charge in [0.2, 0.25) is 0 Å². The minimum absolute atomic E-state index is 0.300. The van der Waals surface area contributed by atoms with Crippen LogP contribution >= 0.6 is 0 Å². The second kappa shape index (κ2) is 7.05. The van der Waals surface area contributed by atoms with Crippen molar-refractivity contribution in [3.05, 3.63) is 66.5 Å². The third-order valence-electron chi connectivity index (χ3n) is 4.38. The smallest absolute Gasteiger partial charge is 0.406 e.